The summed E-state index contributed by atoms with van der Waals surface area (Å²) in [5.74, 6) is -0.0640. The van der Waals surface area contributed by atoms with E-state index in [0.29, 0.717) is 19.3 Å². The maximum absolute atomic E-state index is 12.5. The molecule has 0 radical (unpaired) electrons. The molecule has 1 atom stereocenters. The van der Waals surface area contributed by atoms with Crippen molar-refractivity contribution in [3.8, 4) is 0 Å². The third-order valence-electron chi connectivity index (χ3n) is 8.79. The van der Waals surface area contributed by atoms with Gasteiger partial charge in [-0.1, -0.05) is 175 Å². The van der Waals surface area contributed by atoms with Gasteiger partial charge in [-0.15, -0.1) is 0 Å². The highest BCUT2D eigenvalue weighted by atomic mass is 16.6. The van der Waals surface area contributed by atoms with E-state index < -0.39 is 6.10 Å². The summed E-state index contributed by atoms with van der Waals surface area (Å²) in [6, 6.07) is 0. The number of unbranched alkanes of at least 4 members (excludes halogenated alkanes) is 22. The average molecular weight is 653 g/mol. The van der Waals surface area contributed by atoms with Gasteiger partial charge in [0.15, 0.2) is 6.10 Å². The normalized spacial score (nSPS) is 11.9. The van der Waals surface area contributed by atoms with E-state index in [-0.39, 0.29) is 31.1 Å². The first kappa shape index (κ1) is 44.4. The summed E-state index contributed by atoms with van der Waals surface area (Å²) in [4.78, 5) is 37.3. The first-order valence-electron chi connectivity index (χ1n) is 19.9. The Morgan fingerprint density at radius 1 is 0.413 bits per heavy atom. The highest BCUT2D eigenvalue weighted by Gasteiger charge is 2.19. The van der Waals surface area contributed by atoms with Crippen molar-refractivity contribution < 1.29 is 28.6 Å². The summed E-state index contributed by atoms with van der Waals surface area (Å²) < 4.78 is 16.5. The molecule has 0 N–H and O–H groups in total. The lowest BCUT2D eigenvalue weighted by Crippen LogP contribution is -2.30. The minimum absolute atomic E-state index is 0.0657. The largest absolute Gasteiger partial charge is 0.462 e. The molecule has 0 saturated carbocycles. The van der Waals surface area contributed by atoms with Crippen LogP contribution in [0.3, 0.4) is 0 Å². The minimum Gasteiger partial charge on any atom is -0.462 e. The van der Waals surface area contributed by atoms with Crippen LogP contribution in [0.1, 0.15) is 214 Å². The van der Waals surface area contributed by atoms with Crippen molar-refractivity contribution in [1.29, 1.82) is 0 Å². The molecule has 0 bridgehead atoms. The van der Waals surface area contributed by atoms with Crippen LogP contribution in [0.5, 0.6) is 0 Å². The molecule has 0 amide bonds. The maximum atomic E-state index is 12.5. The van der Waals surface area contributed by atoms with Gasteiger partial charge in [0.25, 0.3) is 0 Å². The number of hydrogen-bond donors (Lipinski definition) is 0. The lowest BCUT2D eigenvalue weighted by atomic mass is 10.0. The number of esters is 3. The molecule has 0 aliphatic heterocycles. The second kappa shape index (κ2) is 34.7. The lowest BCUT2D eigenvalue weighted by molar-refractivity contribution is -0.167. The number of hydrogen-bond acceptors (Lipinski definition) is 6. The Hall–Kier alpha value is -1.59. The van der Waals surface area contributed by atoms with Crippen LogP contribution in [0.25, 0.3) is 0 Å². The molecular weight excluding hydrogens is 576 g/mol. The Morgan fingerprint density at radius 2 is 0.717 bits per heavy atom. The van der Waals surface area contributed by atoms with Crippen molar-refractivity contribution >= 4 is 17.9 Å². The van der Waals surface area contributed by atoms with E-state index in [1.807, 2.05) is 0 Å². The minimum atomic E-state index is -0.756. The topological polar surface area (TPSA) is 78.9 Å². The molecule has 0 rings (SSSR count). The molecule has 0 unspecified atom stereocenters. The molecule has 0 fully saturated rings. The average Bonchev–Trinajstić information content (AvgIpc) is 3.03. The standard InChI is InChI=1S/C40H76O6/c1-5-7-9-11-13-15-20-23-27-31-38(41)44-34-37(46-40(43)33-29-25-18-12-10-8-6-2)35-45-39(42)32-28-24-21-17-14-16-19-22-26-30-36(3)4/h36-37H,5-35H2,1-4H3/t37-/m1/s1. The Bertz CT molecular complexity index is 691. The first-order valence-corrected chi connectivity index (χ1v) is 19.9. The van der Waals surface area contributed by atoms with Crippen LogP contribution < -0.4 is 0 Å². The molecule has 46 heavy (non-hydrogen) atoms. The van der Waals surface area contributed by atoms with Crippen LogP contribution in [0.2, 0.25) is 0 Å². The summed E-state index contributed by atoms with van der Waals surface area (Å²) in [6.07, 6.45) is 31.0. The van der Waals surface area contributed by atoms with E-state index in [2.05, 4.69) is 27.7 Å². The predicted octanol–water partition coefficient (Wildman–Crippen LogP) is 12.0. The van der Waals surface area contributed by atoms with Crippen LogP contribution >= 0.6 is 0 Å². The maximum Gasteiger partial charge on any atom is 0.306 e. The third kappa shape index (κ3) is 33.8. The first-order chi connectivity index (χ1) is 22.4. The molecule has 0 aromatic heterocycles. The van der Waals surface area contributed by atoms with Gasteiger partial charge in [-0.2, -0.15) is 0 Å². The highest BCUT2D eigenvalue weighted by Crippen LogP contribution is 2.15. The van der Waals surface area contributed by atoms with Gasteiger partial charge in [-0.05, 0) is 25.2 Å². The van der Waals surface area contributed by atoms with Gasteiger partial charge >= 0.3 is 17.9 Å². The van der Waals surface area contributed by atoms with Gasteiger partial charge in [0.2, 0.25) is 0 Å². The van der Waals surface area contributed by atoms with Gasteiger partial charge in [0, 0.05) is 19.3 Å². The zero-order chi connectivity index (χ0) is 33.9. The van der Waals surface area contributed by atoms with Crippen LogP contribution in [-0.4, -0.2) is 37.2 Å². The fourth-order valence-corrected chi connectivity index (χ4v) is 5.74. The summed E-state index contributed by atoms with van der Waals surface area (Å²) >= 11 is 0. The predicted molar refractivity (Wildman–Crippen MR) is 192 cm³/mol. The molecule has 0 saturated heterocycles. The van der Waals surface area contributed by atoms with E-state index in [9.17, 15) is 14.4 Å². The summed E-state index contributed by atoms with van der Waals surface area (Å²) in [7, 11) is 0. The SMILES string of the molecule is CCCCCCCCCCCC(=O)OC[C@H](COC(=O)CCCCCCCCCCCC(C)C)OC(=O)CCCCCCCCC. The Labute approximate surface area is 285 Å². The monoisotopic (exact) mass is 653 g/mol. The Kier molecular flexibility index (Phi) is 33.5. The molecule has 0 aliphatic rings. The Morgan fingerprint density at radius 3 is 1.07 bits per heavy atom. The van der Waals surface area contributed by atoms with Gasteiger partial charge in [0.05, 0.1) is 0 Å². The number of ether oxygens (including phenoxy) is 3. The van der Waals surface area contributed by atoms with Crippen LogP contribution in [-0.2, 0) is 28.6 Å². The number of rotatable bonds is 35. The number of carbonyl (C=O) groups is 3. The van der Waals surface area contributed by atoms with E-state index in [4.69, 9.17) is 14.2 Å². The van der Waals surface area contributed by atoms with E-state index in [1.165, 1.54) is 109 Å². The molecule has 272 valence electrons. The van der Waals surface area contributed by atoms with Crippen molar-refractivity contribution in [2.45, 2.75) is 220 Å². The van der Waals surface area contributed by atoms with Crippen molar-refractivity contribution in [3.63, 3.8) is 0 Å². The molecule has 0 aromatic carbocycles. The molecule has 0 heterocycles. The van der Waals surface area contributed by atoms with Crippen LogP contribution in [0, 0.1) is 5.92 Å². The fraction of sp³-hybridized carbons (Fsp3) is 0.925. The van der Waals surface area contributed by atoms with E-state index in [0.717, 1.165) is 63.7 Å². The molecule has 0 aliphatic carbocycles. The molecule has 0 aromatic rings. The summed E-state index contributed by atoms with van der Waals surface area (Å²) in [5, 5.41) is 0. The van der Waals surface area contributed by atoms with Gasteiger partial charge in [-0.3, -0.25) is 14.4 Å². The fourth-order valence-electron chi connectivity index (χ4n) is 5.74. The summed E-state index contributed by atoms with van der Waals surface area (Å²) in [5.41, 5.74) is 0. The van der Waals surface area contributed by atoms with E-state index >= 15 is 0 Å². The summed E-state index contributed by atoms with van der Waals surface area (Å²) in [6.45, 7) is 8.89. The third-order valence-corrected chi connectivity index (χ3v) is 8.79. The lowest BCUT2D eigenvalue weighted by Gasteiger charge is -2.18. The van der Waals surface area contributed by atoms with Gasteiger partial charge < -0.3 is 14.2 Å². The van der Waals surface area contributed by atoms with Crippen molar-refractivity contribution in [3.05, 3.63) is 0 Å². The van der Waals surface area contributed by atoms with Crippen LogP contribution in [0.4, 0.5) is 0 Å². The van der Waals surface area contributed by atoms with Gasteiger partial charge in [0.1, 0.15) is 13.2 Å². The Balaban J connectivity index is 4.29. The van der Waals surface area contributed by atoms with E-state index in [1.54, 1.807) is 0 Å². The molecular formula is C40H76O6. The zero-order valence-electron chi connectivity index (χ0n) is 31.0. The van der Waals surface area contributed by atoms with Crippen molar-refractivity contribution in [2.24, 2.45) is 5.92 Å². The highest BCUT2D eigenvalue weighted by molar-refractivity contribution is 5.71. The number of carbonyl (C=O) groups excluding carboxylic acids is 3. The zero-order valence-corrected chi connectivity index (χ0v) is 31.0. The second-order valence-electron chi connectivity index (χ2n) is 14.0. The van der Waals surface area contributed by atoms with Gasteiger partial charge in [-0.25, -0.2) is 0 Å². The van der Waals surface area contributed by atoms with Crippen molar-refractivity contribution in [2.75, 3.05) is 13.2 Å². The molecule has 6 heteroatoms. The quantitative estimate of drug-likeness (QED) is 0.0385. The van der Waals surface area contributed by atoms with Crippen molar-refractivity contribution in [1.82, 2.24) is 0 Å². The molecule has 0 spiro atoms. The second-order valence-corrected chi connectivity index (χ2v) is 14.0. The smallest absolute Gasteiger partial charge is 0.306 e. The van der Waals surface area contributed by atoms with Crippen LogP contribution in [0.15, 0.2) is 0 Å². The molecule has 6 nitrogen and oxygen atoms in total.